The Morgan fingerprint density at radius 3 is 2.72 bits per heavy atom. The Hall–Kier alpha value is -4.41. The van der Waals surface area contributed by atoms with Gasteiger partial charge >= 0.3 is 6.01 Å². The molecule has 29 heavy (non-hydrogen) atoms. The maximum absolute atomic E-state index is 12.4. The molecule has 0 fully saturated rings. The third-order valence-electron chi connectivity index (χ3n) is 3.87. The summed E-state index contributed by atoms with van der Waals surface area (Å²) in [6, 6.07) is 10.2. The first-order valence-corrected chi connectivity index (χ1v) is 8.16. The molecule has 0 saturated heterocycles. The molecule has 0 atom stereocenters. The van der Waals surface area contributed by atoms with Crippen LogP contribution in [0.15, 0.2) is 62.0 Å². The molecular weight excluding hydrogens is 384 g/mol. The van der Waals surface area contributed by atoms with E-state index in [0.29, 0.717) is 17.1 Å². The van der Waals surface area contributed by atoms with E-state index in [4.69, 9.17) is 18.0 Å². The Kier molecular flexibility index (Phi) is 4.53. The summed E-state index contributed by atoms with van der Waals surface area (Å²) in [5.41, 5.74) is 0.328. The number of carbonyl (C=O) groups is 1. The zero-order valence-corrected chi connectivity index (χ0v) is 14.8. The van der Waals surface area contributed by atoms with Gasteiger partial charge in [0.05, 0.1) is 29.9 Å². The molecule has 11 heteroatoms. The highest BCUT2D eigenvalue weighted by Gasteiger charge is 2.19. The van der Waals surface area contributed by atoms with Crippen molar-refractivity contribution in [2.24, 2.45) is 0 Å². The van der Waals surface area contributed by atoms with Crippen LogP contribution in [0, 0.1) is 10.1 Å². The lowest BCUT2D eigenvalue weighted by Crippen LogP contribution is -2.11. The van der Waals surface area contributed by atoms with Crippen LogP contribution in [0.4, 0.5) is 11.7 Å². The van der Waals surface area contributed by atoms with Gasteiger partial charge in [-0.15, -0.1) is 5.10 Å². The molecule has 3 aromatic heterocycles. The van der Waals surface area contributed by atoms with Gasteiger partial charge < -0.3 is 18.0 Å². The van der Waals surface area contributed by atoms with Crippen molar-refractivity contribution >= 4 is 17.6 Å². The lowest BCUT2D eigenvalue weighted by atomic mass is 10.1. The minimum atomic E-state index is -0.619. The summed E-state index contributed by atoms with van der Waals surface area (Å²) in [5, 5.41) is 20.8. The van der Waals surface area contributed by atoms with Gasteiger partial charge in [0.2, 0.25) is 0 Å². The third kappa shape index (κ3) is 3.56. The summed E-state index contributed by atoms with van der Waals surface area (Å²) in [5.74, 6) is 0.360. The van der Waals surface area contributed by atoms with E-state index < -0.39 is 10.8 Å². The Morgan fingerprint density at radius 1 is 1.14 bits per heavy atom. The first-order chi connectivity index (χ1) is 14.0. The zero-order valence-electron chi connectivity index (χ0n) is 14.8. The smallest absolute Gasteiger partial charge is 0.323 e. The highest BCUT2D eigenvalue weighted by atomic mass is 16.6. The van der Waals surface area contributed by atoms with Gasteiger partial charge in [0.15, 0.2) is 11.5 Å². The van der Waals surface area contributed by atoms with E-state index in [1.54, 1.807) is 18.2 Å². The second-order valence-corrected chi connectivity index (χ2v) is 5.65. The number of aromatic nitrogens is 2. The Balaban J connectivity index is 1.53. The number of anilines is 1. The number of nitrogens with one attached hydrogen (secondary N) is 1. The van der Waals surface area contributed by atoms with Crippen LogP contribution in [-0.4, -0.2) is 28.1 Å². The molecule has 4 aromatic rings. The second-order valence-electron chi connectivity index (χ2n) is 5.65. The molecule has 4 rings (SSSR count). The van der Waals surface area contributed by atoms with Crippen LogP contribution in [-0.2, 0) is 0 Å². The van der Waals surface area contributed by atoms with Crippen molar-refractivity contribution in [2.75, 3.05) is 12.4 Å². The van der Waals surface area contributed by atoms with Crippen LogP contribution in [0.25, 0.3) is 23.0 Å². The molecule has 0 saturated carbocycles. The monoisotopic (exact) mass is 396 g/mol. The number of furan rings is 2. The van der Waals surface area contributed by atoms with E-state index in [9.17, 15) is 14.9 Å². The summed E-state index contributed by atoms with van der Waals surface area (Å²) in [4.78, 5) is 22.8. The molecule has 0 aliphatic rings. The molecule has 1 amide bonds. The quantitative estimate of drug-likeness (QED) is 0.380. The number of nitro groups is 1. The minimum absolute atomic E-state index is 0.0295. The SMILES string of the molecule is COc1cc([N+](=O)[O-])ccc1-c1ccc(C(=O)Nc2nnc(-c3ccco3)o2)o1. The van der Waals surface area contributed by atoms with Gasteiger partial charge in [0.25, 0.3) is 17.5 Å². The average Bonchev–Trinajstić information content (AvgIpc) is 3.47. The number of methoxy groups -OCH3 is 1. The van der Waals surface area contributed by atoms with E-state index in [2.05, 4.69) is 15.5 Å². The summed E-state index contributed by atoms with van der Waals surface area (Å²) < 4.78 is 21.2. The molecule has 3 heterocycles. The van der Waals surface area contributed by atoms with Crippen LogP contribution in [0.3, 0.4) is 0 Å². The highest BCUT2D eigenvalue weighted by molar-refractivity contribution is 6.01. The number of carbonyl (C=O) groups excluding carboxylic acids is 1. The highest BCUT2D eigenvalue weighted by Crippen LogP contribution is 2.34. The van der Waals surface area contributed by atoms with Crippen molar-refractivity contribution < 1.29 is 27.7 Å². The Morgan fingerprint density at radius 2 is 2.00 bits per heavy atom. The fraction of sp³-hybridized carbons (Fsp3) is 0.0556. The van der Waals surface area contributed by atoms with Crippen molar-refractivity contribution in [1.82, 2.24) is 10.2 Å². The normalized spacial score (nSPS) is 10.7. The fourth-order valence-corrected chi connectivity index (χ4v) is 2.53. The van der Waals surface area contributed by atoms with Crippen LogP contribution in [0.2, 0.25) is 0 Å². The molecule has 1 N–H and O–H groups in total. The lowest BCUT2D eigenvalue weighted by Gasteiger charge is -2.05. The topological polar surface area (TPSA) is 147 Å². The maximum atomic E-state index is 12.4. The minimum Gasteiger partial charge on any atom is -0.496 e. The predicted molar refractivity (Wildman–Crippen MR) is 97.3 cm³/mol. The number of rotatable bonds is 6. The van der Waals surface area contributed by atoms with Crippen LogP contribution < -0.4 is 10.1 Å². The van der Waals surface area contributed by atoms with E-state index in [1.807, 2.05) is 0 Å². The number of benzene rings is 1. The Labute approximate surface area is 162 Å². The van der Waals surface area contributed by atoms with Gasteiger partial charge in [-0.1, -0.05) is 5.10 Å². The standard InChI is InChI=1S/C18H12N4O7/c1-26-15-9-10(22(24)25)4-5-11(15)12-6-7-13(28-12)16(23)19-18-21-20-17(29-18)14-3-2-8-27-14/h2-9H,1H3,(H,19,21,23). The zero-order chi connectivity index (χ0) is 20.4. The number of hydrogen-bond donors (Lipinski definition) is 1. The molecule has 0 aliphatic carbocycles. The van der Waals surface area contributed by atoms with Crippen molar-refractivity contribution in [3.05, 3.63) is 64.6 Å². The lowest BCUT2D eigenvalue weighted by molar-refractivity contribution is -0.384. The van der Waals surface area contributed by atoms with Gasteiger partial charge in [0.1, 0.15) is 11.5 Å². The number of nitro benzene ring substituents is 1. The molecule has 1 aromatic carbocycles. The van der Waals surface area contributed by atoms with Crippen LogP contribution in [0.5, 0.6) is 5.75 Å². The van der Waals surface area contributed by atoms with E-state index in [1.165, 1.54) is 37.6 Å². The second kappa shape index (κ2) is 7.31. The number of amides is 1. The van der Waals surface area contributed by atoms with E-state index in [0.717, 1.165) is 0 Å². The van der Waals surface area contributed by atoms with Crippen LogP contribution in [0.1, 0.15) is 10.6 Å². The number of hydrogen-bond acceptors (Lipinski definition) is 9. The summed E-state index contributed by atoms with van der Waals surface area (Å²) in [6.07, 6.45) is 1.45. The molecule has 0 aliphatic heterocycles. The van der Waals surface area contributed by atoms with Gasteiger partial charge in [-0.3, -0.25) is 20.2 Å². The average molecular weight is 396 g/mol. The van der Waals surface area contributed by atoms with Gasteiger partial charge in [-0.25, -0.2) is 0 Å². The van der Waals surface area contributed by atoms with Crippen molar-refractivity contribution in [2.45, 2.75) is 0 Å². The van der Waals surface area contributed by atoms with Gasteiger partial charge in [-0.05, 0) is 30.3 Å². The van der Waals surface area contributed by atoms with Crippen molar-refractivity contribution in [3.8, 4) is 28.7 Å². The van der Waals surface area contributed by atoms with Gasteiger partial charge in [-0.2, -0.15) is 0 Å². The maximum Gasteiger partial charge on any atom is 0.323 e. The van der Waals surface area contributed by atoms with Crippen LogP contribution >= 0.6 is 0 Å². The molecule has 11 nitrogen and oxygen atoms in total. The van der Waals surface area contributed by atoms with Gasteiger partial charge in [0, 0.05) is 6.07 Å². The molecule has 0 unspecified atom stereocenters. The summed E-state index contributed by atoms with van der Waals surface area (Å²) >= 11 is 0. The van der Waals surface area contributed by atoms with Crippen molar-refractivity contribution in [1.29, 1.82) is 0 Å². The summed E-state index contributed by atoms with van der Waals surface area (Å²) in [6.45, 7) is 0. The number of ether oxygens (including phenoxy) is 1. The largest absolute Gasteiger partial charge is 0.496 e. The van der Waals surface area contributed by atoms with E-state index in [-0.39, 0.29) is 29.1 Å². The fourth-order valence-electron chi connectivity index (χ4n) is 2.53. The first kappa shape index (κ1) is 18.0. The molecule has 0 bridgehead atoms. The molecule has 146 valence electrons. The summed E-state index contributed by atoms with van der Waals surface area (Å²) in [7, 11) is 1.38. The first-order valence-electron chi connectivity index (χ1n) is 8.16. The molecular formula is C18H12N4O7. The molecule has 0 radical (unpaired) electrons. The Bertz CT molecular complexity index is 1180. The third-order valence-corrected chi connectivity index (χ3v) is 3.87. The predicted octanol–water partition coefficient (Wildman–Crippen LogP) is 3.76. The number of nitrogens with zero attached hydrogens (tertiary/aromatic N) is 3. The van der Waals surface area contributed by atoms with Crippen molar-refractivity contribution in [3.63, 3.8) is 0 Å². The number of non-ortho nitro benzene ring substituents is 1. The molecule has 0 spiro atoms. The van der Waals surface area contributed by atoms with E-state index >= 15 is 0 Å².